The van der Waals surface area contributed by atoms with E-state index in [0.717, 1.165) is 38.4 Å². The molecule has 0 aromatic heterocycles. The Morgan fingerprint density at radius 1 is 0.842 bits per heavy atom. The van der Waals surface area contributed by atoms with Crippen LogP contribution in [0.3, 0.4) is 0 Å². The second-order valence-corrected chi connectivity index (χ2v) is 3.63. The molecule has 0 amide bonds. The molecule has 0 heterocycles. The zero-order chi connectivity index (χ0) is 14.9. The fourth-order valence-corrected chi connectivity index (χ4v) is 1.23. The van der Waals surface area contributed by atoms with Gasteiger partial charge >= 0.3 is 0 Å². The Hall–Kier alpha value is -1.02. The van der Waals surface area contributed by atoms with Gasteiger partial charge in [-0.3, -0.25) is 0 Å². The number of hydrogen-bond acceptors (Lipinski definition) is 2. The molecule has 1 rings (SSSR count). The molecule has 1 aromatic carbocycles. The van der Waals surface area contributed by atoms with E-state index in [9.17, 15) is 0 Å². The molecule has 0 aliphatic heterocycles. The normalized spacial score (nSPS) is 8.74. The molecule has 0 spiro atoms. The summed E-state index contributed by atoms with van der Waals surface area (Å²) < 4.78 is 10.9. The highest BCUT2D eigenvalue weighted by Crippen LogP contribution is 2.11. The van der Waals surface area contributed by atoms with E-state index in [1.165, 1.54) is 5.56 Å². The van der Waals surface area contributed by atoms with Crippen LogP contribution in [0.15, 0.2) is 24.3 Å². The van der Waals surface area contributed by atoms with E-state index in [0.29, 0.717) is 0 Å². The van der Waals surface area contributed by atoms with Crippen LogP contribution in [0.2, 0.25) is 0 Å². The van der Waals surface area contributed by atoms with Crippen molar-refractivity contribution in [2.75, 3.05) is 19.8 Å². The van der Waals surface area contributed by atoms with E-state index in [2.05, 4.69) is 26.0 Å². The molecule has 0 saturated carbocycles. The molecule has 112 valence electrons. The highest BCUT2D eigenvalue weighted by atomic mass is 16.5. The summed E-state index contributed by atoms with van der Waals surface area (Å²) in [5.74, 6) is 0.941. The third-order valence-electron chi connectivity index (χ3n) is 2.07. The third kappa shape index (κ3) is 13.2. The highest BCUT2D eigenvalue weighted by molar-refractivity contribution is 5.26. The van der Waals surface area contributed by atoms with Crippen LogP contribution in [0.25, 0.3) is 0 Å². The largest absolute Gasteiger partial charge is 0.494 e. The van der Waals surface area contributed by atoms with E-state index >= 15 is 0 Å². The van der Waals surface area contributed by atoms with E-state index in [1.807, 2.05) is 39.8 Å². The molecule has 2 heteroatoms. The van der Waals surface area contributed by atoms with Gasteiger partial charge in [-0.15, -0.1) is 0 Å². The van der Waals surface area contributed by atoms with Crippen LogP contribution in [0.5, 0.6) is 5.75 Å². The molecule has 0 fully saturated rings. The fraction of sp³-hybridized carbons (Fsp3) is 0.647. The van der Waals surface area contributed by atoms with Crippen molar-refractivity contribution in [2.45, 2.75) is 54.4 Å². The number of hydrogen-bond donors (Lipinski definition) is 0. The van der Waals surface area contributed by atoms with Crippen LogP contribution in [0.4, 0.5) is 0 Å². The molecule has 0 aliphatic rings. The quantitative estimate of drug-likeness (QED) is 0.629. The number of ether oxygens (including phenoxy) is 2. The maximum absolute atomic E-state index is 5.56. The monoisotopic (exact) mass is 268 g/mol. The standard InChI is InChI=1S/C13H20O2.2C2H6/c1-3-9-14-10-4-11-15-13-7-5-12(2)6-8-13;2*1-2/h5-8H,3-4,9-11H2,1-2H3;2*1-2H3. The van der Waals surface area contributed by atoms with Gasteiger partial charge in [-0.25, -0.2) is 0 Å². The summed E-state index contributed by atoms with van der Waals surface area (Å²) in [5, 5.41) is 0. The SMILES string of the molecule is CC.CC.CCCOCCCOc1ccc(C)cc1. The molecular weight excluding hydrogens is 236 g/mol. The first-order chi connectivity index (χ1) is 9.33. The minimum absolute atomic E-state index is 0.729. The lowest BCUT2D eigenvalue weighted by atomic mass is 10.2. The molecule has 0 radical (unpaired) electrons. The second kappa shape index (κ2) is 17.0. The Labute approximate surface area is 120 Å². The minimum Gasteiger partial charge on any atom is -0.494 e. The number of benzene rings is 1. The summed E-state index contributed by atoms with van der Waals surface area (Å²) in [7, 11) is 0. The maximum Gasteiger partial charge on any atom is 0.119 e. The van der Waals surface area contributed by atoms with Crippen molar-refractivity contribution in [3.8, 4) is 5.75 Å². The molecule has 2 nitrogen and oxygen atoms in total. The van der Waals surface area contributed by atoms with Gasteiger partial charge in [0.1, 0.15) is 5.75 Å². The van der Waals surface area contributed by atoms with Gasteiger partial charge in [-0.05, 0) is 25.5 Å². The van der Waals surface area contributed by atoms with Crippen molar-refractivity contribution < 1.29 is 9.47 Å². The van der Waals surface area contributed by atoms with Crippen molar-refractivity contribution in [1.82, 2.24) is 0 Å². The summed E-state index contributed by atoms with van der Waals surface area (Å²) in [4.78, 5) is 0. The Kier molecular flexibility index (Phi) is 18.1. The fourth-order valence-electron chi connectivity index (χ4n) is 1.23. The zero-order valence-electron chi connectivity index (χ0n) is 13.7. The van der Waals surface area contributed by atoms with Crippen molar-refractivity contribution >= 4 is 0 Å². The van der Waals surface area contributed by atoms with Gasteiger partial charge in [-0.2, -0.15) is 0 Å². The Morgan fingerprint density at radius 2 is 1.42 bits per heavy atom. The first-order valence-corrected chi connectivity index (χ1v) is 7.60. The lowest BCUT2D eigenvalue weighted by molar-refractivity contribution is 0.120. The Balaban J connectivity index is 0. The Morgan fingerprint density at radius 3 is 1.95 bits per heavy atom. The predicted octanol–water partition coefficient (Wildman–Crippen LogP) is 5.24. The lowest BCUT2D eigenvalue weighted by Crippen LogP contribution is -2.03. The van der Waals surface area contributed by atoms with Crippen LogP contribution in [0, 0.1) is 6.92 Å². The van der Waals surface area contributed by atoms with Crippen LogP contribution in [-0.4, -0.2) is 19.8 Å². The topological polar surface area (TPSA) is 18.5 Å². The number of rotatable bonds is 7. The molecule has 1 aromatic rings. The van der Waals surface area contributed by atoms with Gasteiger partial charge in [0.05, 0.1) is 6.61 Å². The average Bonchev–Trinajstić information content (AvgIpc) is 2.49. The van der Waals surface area contributed by atoms with Gasteiger partial charge in [-0.1, -0.05) is 52.3 Å². The summed E-state index contributed by atoms with van der Waals surface area (Å²) in [6.07, 6.45) is 2.03. The molecule has 0 N–H and O–H groups in total. The first kappa shape index (κ1) is 20.3. The second-order valence-electron chi connectivity index (χ2n) is 3.63. The van der Waals surface area contributed by atoms with Gasteiger partial charge < -0.3 is 9.47 Å². The van der Waals surface area contributed by atoms with Crippen LogP contribution < -0.4 is 4.74 Å². The molecule has 0 unspecified atom stereocenters. The minimum atomic E-state index is 0.729. The zero-order valence-corrected chi connectivity index (χ0v) is 13.7. The summed E-state index contributed by atoms with van der Waals surface area (Å²) in [6, 6.07) is 8.12. The third-order valence-corrected chi connectivity index (χ3v) is 2.07. The summed E-state index contributed by atoms with van der Waals surface area (Å²) in [5.41, 5.74) is 1.26. The van der Waals surface area contributed by atoms with Gasteiger partial charge in [0.25, 0.3) is 0 Å². The highest BCUT2D eigenvalue weighted by Gasteiger charge is 1.93. The molecule has 19 heavy (non-hydrogen) atoms. The molecule has 0 saturated heterocycles. The van der Waals surface area contributed by atoms with Crippen molar-refractivity contribution in [2.24, 2.45) is 0 Å². The van der Waals surface area contributed by atoms with E-state index in [4.69, 9.17) is 9.47 Å². The van der Waals surface area contributed by atoms with Gasteiger partial charge in [0, 0.05) is 19.6 Å². The van der Waals surface area contributed by atoms with Crippen molar-refractivity contribution in [3.63, 3.8) is 0 Å². The van der Waals surface area contributed by atoms with Crippen LogP contribution in [0.1, 0.15) is 53.0 Å². The summed E-state index contributed by atoms with van der Waals surface area (Å²) >= 11 is 0. The first-order valence-electron chi connectivity index (χ1n) is 7.60. The van der Waals surface area contributed by atoms with E-state index < -0.39 is 0 Å². The van der Waals surface area contributed by atoms with Crippen LogP contribution in [-0.2, 0) is 4.74 Å². The lowest BCUT2D eigenvalue weighted by Gasteiger charge is -2.06. The van der Waals surface area contributed by atoms with E-state index in [1.54, 1.807) is 0 Å². The summed E-state index contributed by atoms with van der Waals surface area (Å²) in [6.45, 7) is 14.6. The number of aryl methyl sites for hydroxylation is 1. The van der Waals surface area contributed by atoms with Crippen molar-refractivity contribution in [1.29, 1.82) is 0 Å². The molecule has 0 atom stereocenters. The van der Waals surface area contributed by atoms with E-state index in [-0.39, 0.29) is 0 Å². The molecule has 0 bridgehead atoms. The molecular formula is C17H32O2. The van der Waals surface area contributed by atoms with Crippen LogP contribution >= 0.6 is 0 Å². The van der Waals surface area contributed by atoms with Gasteiger partial charge in [0.15, 0.2) is 0 Å². The maximum atomic E-state index is 5.56. The average molecular weight is 268 g/mol. The smallest absolute Gasteiger partial charge is 0.119 e. The Bertz CT molecular complexity index is 254. The predicted molar refractivity (Wildman–Crippen MR) is 85.1 cm³/mol. The molecule has 0 aliphatic carbocycles. The van der Waals surface area contributed by atoms with Crippen molar-refractivity contribution in [3.05, 3.63) is 29.8 Å². The van der Waals surface area contributed by atoms with Gasteiger partial charge in [0.2, 0.25) is 0 Å².